The lowest BCUT2D eigenvalue weighted by atomic mass is 9.87. The SMILES string of the molecule is CC(C)(C)c1ccc(NC(=O)C2=CN3C=CS(=O)(=O)NC3C=C2)cc1. The highest BCUT2D eigenvalue weighted by atomic mass is 32.2. The van der Waals surface area contributed by atoms with Crippen LogP contribution in [0.15, 0.2) is 59.8 Å². The number of amides is 1. The zero-order valence-corrected chi connectivity index (χ0v) is 15.2. The van der Waals surface area contributed by atoms with Gasteiger partial charge in [-0.05, 0) is 35.3 Å². The van der Waals surface area contributed by atoms with Crippen molar-refractivity contribution in [2.45, 2.75) is 32.4 Å². The van der Waals surface area contributed by atoms with Crippen LogP contribution in [0.2, 0.25) is 0 Å². The van der Waals surface area contributed by atoms with Crippen LogP contribution < -0.4 is 10.0 Å². The van der Waals surface area contributed by atoms with Gasteiger partial charge in [0.15, 0.2) is 0 Å². The maximum atomic E-state index is 12.4. The molecule has 0 saturated carbocycles. The monoisotopic (exact) mass is 359 g/mol. The molecule has 0 aromatic heterocycles. The fourth-order valence-electron chi connectivity index (χ4n) is 2.56. The van der Waals surface area contributed by atoms with E-state index in [1.54, 1.807) is 23.3 Å². The van der Waals surface area contributed by atoms with Crippen molar-refractivity contribution in [1.82, 2.24) is 9.62 Å². The number of benzene rings is 1. The summed E-state index contributed by atoms with van der Waals surface area (Å²) in [5.41, 5.74) is 2.40. The minimum absolute atomic E-state index is 0.0557. The van der Waals surface area contributed by atoms with Crippen LogP contribution in [-0.4, -0.2) is 25.4 Å². The second-order valence-corrected chi connectivity index (χ2v) is 8.66. The molecule has 1 aromatic rings. The van der Waals surface area contributed by atoms with Crippen molar-refractivity contribution in [2.24, 2.45) is 0 Å². The molecule has 2 heterocycles. The number of hydrogen-bond donors (Lipinski definition) is 2. The number of anilines is 1. The largest absolute Gasteiger partial charge is 0.332 e. The van der Waals surface area contributed by atoms with Gasteiger partial charge in [-0.2, -0.15) is 4.72 Å². The van der Waals surface area contributed by atoms with Gasteiger partial charge in [0.05, 0.1) is 11.0 Å². The first-order chi connectivity index (χ1) is 11.6. The summed E-state index contributed by atoms with van der Waals surface area (Å²) in [7, 11) is -3.41. The van der Waals surface area contributed by atoms with Gasteiger partial charge < -0.3 is 10.2 Å². The molecule has 0 spiro atoms. The first kappa shape index (κ1) is 17.4. The van der Waals surface area contributed by atoms with E-state index in [0.29, 0.717) is 11.3 Å². The third-order valence-electron chi connectivity index (χ3n) is 4.04. The van der Waals surface area contributed by atoms with Crippen molar-refractivity contribution in [1.29, 1.82) is 0 Å². The van der Waals surface area contributed by atoms with Gasteiger partial charge in [-0.3, -0.25) is 4.79 Å². The number of rotatable bonds is 2. The van der Waals surface area contributed by atoms with E-state index in [1.165, 1.54) is 11.8 Å². The van der Waals surface area contributed by atoms with Crippen LogP contribution in [0, 0.1) is 0 Å². The molecule has 1 atom stereocenters. The highest BCUT2D eigenvalue weighted by molar-refractivity contribution is 7.92. The number of carbonyl (C=O) groups is 1. The van der Waals surface area contributed by atoms with E-state index in [1.807, 2.05) is 24.3 Å². The zero-order chi connectivity index (χ0) is 18.2. The maximum absolute atomic E-state index is 12.4. The predicted molar refractivity (Wildman–Crippen MR) is 97.8 cm³/mol. The van der Waals surface area contributed by atoms with E-state index in [9.17, 15) is 13.2 Å². The van der Waals surface area contributed by atoms with Gasteiger partial charge in [-0.25, -0.2) is 8.42 Å². The molecule has 6 nitrogen and oxygen atoms in total. The van der Waals surface area contributed by atoms with Gasteiger partial charge in [-0.1, -0.05) is 32.9 Å². The highest BCUT2D eigenvalue weighted by Crippen LogP contribution is 2.24. The molecule has 0 aliphatic carbocycles. The van der Waals surface area contributed by atoms with Crippen LogP contribution in [0.25, 0.3) is 0 Å². The molecule has 3 rings (SSSR count). The summed E-state index contributed by atoms with van der Waals surface area (Å²) in [5.74, 6) is -0.250. The minimum atomic E-state index is -3.41. The van der Waals surface area contributed by atoms with Crippen molar-refractivity contribution in [3.63, 3.8) is 0 Å². The van der Waals surface area contributed by atoms with Crippen LogP contribution in [-0.2, 0) is 20.2 Å². The van der Waals surface area contributed by atoms with Gasteiger partial charge in [0, 0.05) is 18.1 Å². The molecule has 25 heavy (non-hydrogen) atoms. The average molecular weight is 359 g/mol. The molecule has 0 fully saturated rings. The van der Waals surface area contributed by atoms with Crippen molar-refractivity contribution >= 4 is 21.6 Å². The Bertz CT molecular complexity index is 875. The fourth-order valence-corrected chi connectivity index (χ4v) is 3.48. The lowest BCUT2D eigenvalue weighted by molar-refractivity contribution is -0.112. The Labute approximate surface area is 148 Å². The third-order valence-corrected chi connectivity index (χ3v) is 5.09. The Morgan fingerprint density at radius 2 is 1.88 bits per heavy atom. The summed E-state index contributed by atoms with van der Waals surface area (Å²) in [6.45, 7) is 6.40. The lowest BCUT2D eigenvalue weighted by Gasteiger charge is -2.31. The molecule has 1 aromatic carbocycles. The summed E-state index contributed by atoms with van der Waals surface area (Å²) in [6, 6.07) is 7.75. The van der Waals surface area contributed by atoms with Crippen molar-refractivity contribution in [2.75, 3.05) is 5.32 Å². The van der Waals surface area contributed by atoms with Gasteiger partial charge in [-0.15, -0.1) is 0 Å². The third kappa shape index (κ3) is 4.00. The summed E-state index contributed by atoms with van der Waals surface area (Å²) >= 11 is 0. The van der Waals surface area contributed by atoms with Gasteiger partial charge in [0.2, 0.25) is 10.0 Å². The molecule has 7 heteroatoms. The van der Waals surface area contributed by atoms with E-state index >= 15 is 0 Å². The molecule has 0 radical (unpaired) electrons. The smallest absolute Gasteiger partial charge is 0.257 e. The second kappa shape index (κ2) is 6.16. The molecule has 1 amide bonds. The van der Waals surface area contributed by atoms with Crippen LogP contribution in [0.3, 0.4) is 0 Å². The highest BCUT2D eigenvalue weighted by Gasteiger charge is 2.26. The molecule has 0 bridgehead atoms. The van der Waals surface area contributed by atoms with E-state index in [0.717, 1.165) is 5.41 Å². The Hall–Kier alpha value is -2.38. The molecule has 2 N–H and O–H groups in total. The van der Waals surface area contributed by atoms with Crippen molar-refractivity contribution in [3.05, 3.63) is 65.4 Å². The molecular weight excluding hydrogens is 338 g/mol. The lowest BCUT2D eigenvalue weighted by Crippen LogP contribution is -2.46. The van der Waals surface area contributed by atoms with E-state index < -0.39 is 16.2 Å². The normalized spacial score (nSPS) is 21.5. The molecule has 2 aliphatic rings. The van der Waals surface area contributed by atoms with Gasteiger partial charge >= 0.3 is 0 Å². The quantitative estimate of drug-likeness (QED) is 0.850. The number of sulfonamides is 1. The van der Waals surface area contributed by atoms with E-state index in [4.69, 9.17) is 0 Å². The first-order valence-electron chi connectivity index (χ1n) is 7.94. The van der Waals surface area contributed by atoms with Crippen molar-refractivity contribution < 1.29 is 13.2 Å². The molecular formula is C18H21N3O3S. The van der Waals surface area contributed by atoms with Crippen LogP contribution in [0.4, 0.5) is 5.69 Å². The Morgan fingerprint density at radius 1 is 1.20 bits per heavy atom. The molecule has 0 saturated heterocycles. The summed E-state index contributed by atoms with van der Waals surface area (Å²) in [6.07, 6.45) is 5.80. The predicted octanol–water partition coefficient (Wildman–Crippen LogP) is 2.41. The maximum Gasteiger partial charge on any atom is 0.257 e. The number of nitrogens with zero attached hydrogens (tertiary/aromatic N) is 1. The zero-order valence-electron chi connectivity index (χ0n) is 14.4. The fraction of sp³-hybridized carbons (Fsp3) is 0.278. The topological polar surface area (TPSA) is 78.5 Å². The number of hydrogen-bond acceptors (Lipinski definition) is 4. The van der Waals surface area contributed by atoms with Crippen LogP contribution in [0.5, 0.6) is 0 Å². The summed E-state index contributed by atoms with van der Waals surface area (Å²) in [4.78, 5) is 14.1. The Balaban J connectivity index is 1.72. The second-order valence-electron chi connectivity index (χ2n) is 7.07. The molecule has 2 aliphatic heterocycles. The molecule has 132 valence electrons. The van der Waals surface area contributed by atoms with Gasteiger partial charge in [0.25, 0.3) is 5.91 Å². The van der Waals surface area contributed by atoms with E-state index in [2.05, 4.69) is 30.8 Å². The van der Waals surface area contributed by atoms with Crippen LogP contribution in [0.1, 0.15) is 26.3 Å². The number of fused-ring (bicyclic) bond motifs is 1. The molecule has 1 unspecified atom stereocenters. The van der Waals surface area contributed by atoms with Gasteiger partial charge in [0.1, 0.15) is 6.17 Å². The minimum Gasteiger partial charge on any atom is -0.332 e. The number of nitrogens with one attached hydrogen (secondary N) is 2. The van der Waals surface area contributed by atoms with Crippen LogP contribution >= 0.6 is 0 Å². The first-order valence-corrected chi connectivity index (χ1v) is 9.49. The Kier molecular flexibility index (Phi) is 4.30. The van der Waals surface area contributed by atoms with Crippen molar-refractivity contribution in [3.8, 4) is 0 Å². The Morgan fingerprint density at radius 3 is 2.52 bits per heavy atom. The average Bonchev–Trinajstić information content (AvgIpc) is 2.53. The standard InChI is InChI=1S/C18H21N3O3S/c1-18(2,3)14-5-7-15(8-6-14)19-17(22)13-4-9-16-20-25(23,24)11-10-21(16)12-13/h4-12,16,20H,1-3H3,(H,19,22). The number of carbonyl (C=O) groups excluding carboxylic acids is 1. The summed E-state index contributed by atoms with van der Waals surface area (Å²) in [5, 5.41) is 3.92. The van der Waals surface area contributed by atoms with E-state index in [-0.39, 0.29) is 11.3 Å². The summed E-state index contributed by atoms with van der Waals surface area (Å²) < 4.78 is 25.5.